The van der Waals surface area contributed by atoms with Crippen molar-refractivity contribution in [1.29, 1.82) is 0 Å². The zero-order chi connectivity index (χ0) is 20.2. The molecule has 5 heteroatoms. The summed E-state index contributed by atoms with van der Waals surface area (Å²) >= 11 is 0. The molecule has 2 N–H and O–H groups in total. The van der Waals surface area contributed by atoms with Crippen molar-refractivity contribution in [3.8, 4) is 0 Å². The average molecular weight is 388 g/mol. The molecule has 0 aliphatic heterocycles. The number of carbonyl (C=O) groups excluding carboxylic acids is 1. The minimum absolute atomic E-state index is 0.0870. The van der Waals surface area contributed by atoms with Gasteiger partial charge in [-0.05, 0) is 48.0 Å². The van der Waals surface area contributed by atoms with E-state index >= 15 is 0 Å². The summed E-state index contributed by atoms with van der Waals surface area (Å²) in [6.07, 6.45) is 1.92. The van der Waals surface area contributed by atoms with E-state index < -0.39 is 0 Å². The SMILES string of the molecule is CCN(CCO)c1ccc(NC(=O)Cc2coc3ccc4ccccc4c23)cc1. The molecule has 5 nitrogen and oxygen atoms in total. The second-order valence-electron chi connectivity index (χ2n) is 7.00. The molecule has 1 heterocycles. The molecule has 0 aliphatic rings. The van der Waals surface area contributed by atoms with Crippen molar-refractivity contribution in [1.82, 2.24) is 0 Å². The van der Waals surface area contributed by atoms with E-state index in [1.165, 1.54) is 0 Å². The van der Waals surface area contributed by atoms with Crippen LogP contribution in [0.4, 0.5) is 11.4 Å². The van der Waals surface area contributed by atoms with Crippen LogP contribution in [0.25, 0.3) is 21.7 Å². The summed E-state index contributed by atoms with van der Waals surface area (Å²) in [5.41, 5.74) is 3.44. The summed E-state index contributed by atoms with van der Waals surface area (Å²) in [4.78, 5) is 14.7. The van der Waals surface area contributed by atoms with Crippen molar-refractivity contribution in [3.05, 3.63) is 72.5 Å². The molecule has 4 aromatic rings. The van der Waals surface area contributed by atoms with E-state index in [-0.39, 0.29) is 18.9 Å². The Labute approximate surface area is 169 Å². The maximum Gasteiger partial charge on any atom is 0.228 e. The van der Waals surface area contributed by atoms with Crippen molar-refractivity contribution in [3.63, 3.8) is 0 Å². The van der Waals surface area contributed by atoms with Gasteiger partial charge in [0.15, 0.2) is 0 Å². The fraction of sp³-hybridized carbons (Fsp3) is 0.208. The largest absolute Gasteiger partial charge is 0.464 e. The number of amides is 1. The van der Waals surface area contributed by atoms with Gasteiger partial charge in [-0.3, -0.25) is 4.79 Å². The maximum absolute atomic E-state index is 12.6. The van der Waals surface area contributed by atoms with E-state index in [1.54, 1.807) is 6.26 Å². The lowest BCUT2D eigenvalue weighted by Gasteiger charge is -2.22. The van der Waals surface area contributed by atoms with Crippen LogP contribution in [-0.2, 0) is 11.2 Å². The Hall–Kier alpha value is -3.31. The van der Waals surface area contributed by atoms with E-state index in [0.29, 0.717) is 6.54 Å². The number of aliphatic hydroxyl groups excluding tert-OH is 1. The molecule has 0 aliphatic carbocycles. The molecule has 0 saturated heterocycles. The van der Waals surface area contributed by atoms with Crippen molar-refractivity contribution in [2.24, 2.45) is 0 Å². The Morgan fingerprint density at radius 1 is 1.07 bits per heavy atom. The molecule has 0 bridgehead atoms. The Balaban J connectivity index is 1.51. The first-order valence-electron chi connectivity index (χ1n) is 9.83. The number of fused-ring (bicyclic) bond motifs is 3. The van der Waals surface area contributed by atoms with Crippen LogP contribution >= 0.6 is 0 Å². The summed E-state index contributed by atoms with van der Waals surface area (Å²) < 4.78 is 5.68. The van der Waals surface area contributed by atoms with Crippen molar-refractivity contribution in [2.75, 3.05) is 29.9 Å². The Morgan fingerprint density at radius 2 is 1.86 bits per heavy atom. The number of likely N-dealkylation sites (N-methyl/N-ethyl adjacent to an activating group) is 1. The van der Waals surface area contributed by atoms with Crippen LogP contribution < -0.4 is 10.2 Å². The van der Waals surface area contributed by atoms with Crippen LogP contribution in [0, 0.1) is 0 Å². The molecule has 1 amide bonds. The summed E-state index contributed by atoms with van der Waals surface area (Å²) in [5, 5.41) is 15.3. The standard InChI is InChI=1S/C24H24N2O3/c1-2-26(13-14-27)20-10-8-19(9-11-20)25-23(28)15-18-16-29-22-12-7-17-5-3-4-6-21(17)24(18)22/h3-12,16,27H,2,13-15H2,1H3,(H,25,28). The number of hydrogen-bond acceptors (Lipinski definition) is 4. The highest BCUT2D eigenvalue weighted by molar-refractivity contribution is 6.09. The van der Waals surface area contributed by atoms with E-state index in [4.69, 9.17) is 9.52 Å². The first kappa shape index (κ1) is 19.0. The zero-order valence-electron chi connectivity index (χ0n) is 16.4. The third-order valence-corrected chi connectivity index (χ3v) is 5.16. The first-order valence-corrected chi connectivity index (χ1v) is 9.83. The fourth-order valence-electron chi connectivity index (χ4n) is 3.73. The number of hydrogen-bond donors (Lipinski definition) is 2. The van der Waals surface area contributed by atoms with Crippen LogP contribution in [0.15, 0.2) is 71.3 Å². The van der Waals surface area contributed by atoms with Crippen molar-refractivity contribution in [2.45, 2.75) is 13.3 Å². The predicted octanol–water partition coefficient (Wildman–Crippen LogP) is 4.59. The van der Waals surface area contributed by atoms with Gasteiger partial charge in [-0.15, -0.1) is 0 Å². The number of nitrogens with one attached hydrogen (secondary N) is 1. The number of nitrogens with zero attached hydrogens (tertiary/aromatic N) is 1. The van der Waals surface area contributed by atoms with Gasteiger partial charge in [-0.25, -0.2) is 0 Å². The number of rotatable bonds is 7. The molecule has 1 aromatic heterocycles. The number of carbonyl (C=O) groups is 1. The molecule has 0 atom stereocenters. The van der Waals surface area contributed by atoms with Crippen LogP contribution in [0.3, 0.4) is 0 Å². The predicted molar refractivity (Wildman–Crippen MR) is 117 cm³/mol. The lowest BCUT2D eigenvalue weighted by molar-refractivity contribution is -0.115. The lowest BCUT2D eigenvalue weighted by atomic mass is 10.0. The Morgan fingerprint density at radius 3 is 2.62 bits per heavy atom. The molecule has 0 radical (unpaired) electrons. The topological polar surface area (TPSA) is 65.7 Å². The van der Waals surface area contributed by atoms with Gasteiger partial charge >= 0.3 is 0 Å². The molecule has 0 fully saturated rings. The molecular formula is C24H24N2O3. The number of anilines is 2. The van der Waals surface area contributed by atoms with Gasteiger partial charge in [0.25, 0.3) is 0 Å². The van der Waals surface area contributed by atoms with Crippen LogP contribution in [-0.4, -0.2) is 30.7 Å². The summed E-state index contributed by atoms with van der Waals surface area (Å²) in [6.45, 7) is 3.56. The summed E-state index contributed by atoms with van der Waals surface area (Å²) in [5.74, 6) is -0.0870. The highest BCUT2D eigenvalue weighted by atomic mass is 16.3. The van der Waals surface area contributed by atoms with Crippen LogP contribution in [0.1, 0.15) is 12.5 Å². The lowest BCUT2D eigenvalue weighted by Crippen LogP contribution is -2.26. The van der Waals surface area contributed by atoms with Gasteiger partial charge in [0.1, 0.15) is 5.58 Å². The second-order valence-corrected chi connectivity index (χ2v) is 7.00. The minimum atomic E-state index is -0.0870. The molecular weight excluding hydrogens is 364 g/mol. The highest BCUT2D eigenvalue weighted by Gasteiger charge is 2.13. The second kappa shape index (κ2) is 8.37. The minimum Gasteiger partial charge on any atom is -0.464 e. The van der Waals surface area contributed by atoms with E-state index in [9.17, 15) is 4.79 Å². The van der Waals surface area contributed by atoms with Crippen LogP contribution in [0.5, 0.6) is 0 Å². The van der Waals surface area contributed by atoms with Gasteiger partial charge in [0, 0.05) is 35.4 Å². The van der Waals surface area contributed by atoms with Gasteiger partial charge in [-0.2, -0.15) is 0 Å². The third-order valence-electron chi connectivity index (χ3n) is 5.16. The molecule has 3 aromatic carbocycles. The van der Waals surface area contributed by atoms with E-state index in [1.807, 2.05) is 55.5 Å². The van der Waals surface area contributed by atoms with Crippen LogP contribution in [0.2, 0.25) is 0 Å². The summed E-state index contributed by atoms with van der Waals surface area (Å²) in [6, 6.07) is 19.8. The van der Waals surface area contributed by atoms with Crippen molar-refractivity contribution < 1.29 is 14.3 Å². The smallest absolute Gasteiger partial charge is 0.228 e. The first-order chi connectivity index (χ1) is 14.2. The Kier molecular flexibility index (Phi) is 5.49. The fourth-order valence-corrected chi connectivity index (χ4v) is 3.73. The number of benzene rings is 3. The van der Waals surface area contributed by atoms with E-state index in [0.717, 1.165) is 45.2 Å². The average Bonchev–Trinajstić information content (AvgIpc) is 3.16. The molecule has 0 spiro atoms. The molecule has 4 rings (SSSR count). The third kappa shape index (κ3) is 3.96. The molecule has 0 unspecified atom stereocenters. The van der Waals surface area contributed by atoms with E-state index in [2.05, 4.69) is 22.3 Å². The van der Waals surface area contributed by atoms with Crippen molar-refractivity contribution >= 4 is 39.0 Å². The quantitative estimate of drug-likeness (QED) is 0.486. The maximum atomic E-state index is 12.6. The van der Waals surface area contributed by atoms with Gasteiger partial charge in [0.05, 0.1) is 19.3 Å². The summed E-state index contributed by atoms with van der Waals surface area (Å²) in [7, 11) is 0. The molecule has 148 valence electrons. The van der Waals surface area contributed by atoms with Gasteiger partial charge in [-0.1, -0.05) is 30.3 Å². The monoisotopic (exact) mass is 388 g/mol. The number of aliphatic hydroxyl groups is 1. The number of furan rings is 1. The van der Waals surface area contributed by atoms with Gasteiger partial charge in [0.2, 0.25) is 5.91 Å². The molecule has 29 heavy (non-hydrogen) atoms. The normalized spacial score (nSPS) is 11.1. The molecule has 0 saturated carbocycles. The van der Waals surface area contributed by atoms with Gasteiger partial charge < -0.3 is 19.7 Å². The zero-order valence-corrected chi connectivity index (χ0v) is 16.4. The highest BCUT2D eigenvalue weighted by Crippen LogP contribution is 2.30. The Bertz CT molecular complexity index is 1130.